The molecule has 0 radical (unpaired) electrons. The van der Waals surface area contributed by atoms with E-state index in [9.17, 15) is 17.4 Å². The maximum absolute atomic E-state index is 13.1. The summed E-state index contributed by atoms with van der Waals surface area (Å²) >= 11 is 0. The van der Waals surface area contributed by atoms with Crippen molar-refractivity contribution in [2.45, 2.75) is 10.4 Å². The predicted molar refractivity (Wildman–Crippen MR) is 75.6 cm³/mol. The smallest absolute Gasteiger partial charge is 0.235 e. The van der Waals surface area contributed by atoms with Crippen LogP contribution in [-0.2, 0) is 9.73 Å². The first-order chi connectivity index (χ1) is 9.92. The minimum Gasteiger partial charge on any atom is -0.235 e. The van der Waals surface area contributed by atoms with Crippen molar-refractivity contribution in [2.75, 3.05) is 0 Å². The molecule has 2 aromatic carbocycles. The molecule has 1 atom stereocenters. The molecule has 0 spiro atoms. The van der Waals surface area contributed by atoms with Gasteiger partial charge in [-0.05, 0) is 17.7 Å². The minimum atomic E-state index is -4.89. The van der Waals surface area contributed by atoms with Gasteiger partial charge in [0.2, 0.25) is 0 Å². The molecule has 0 unspecified atom stereocenters. The van der Waals surface area contributed by atoms with Crippen molar-refractivity contribution in [3.63, 3.8) is 0 Å². The van der Waals surface area contributed by atoms with Crippen molar-refractivity contribution < 1.29 is 17.4 Å². The molecule has 0 aromatic heterocycles. The Morgan fingerprint density at radius 3 is 2.24 bits per heavy atom. The largest absolute Gasteiger partial charge is 0.484 e. The lowest BCUT2D eigenvalue weighted by atomic mass is 10.1. The summed E-state index contributed by atoms with van der Waals surface area (Å²) in [6.45, 7) is 0. The minimum absolute atomic E-state index is 0.0964. The van der Waals surface area contributed by atoms with E-state index in [2.05, 4.69) is 4.36 Å². The molecule has 0 amide bonds. The van der Waals surface area contributed by atoms with Crippen LogP contribution in [0.1, 0.15) is 11.1 Å². The monoisotopic (exact) mass is 309 g/mol. The Balaban J connectivity index is 2.26. The van der Waals surface area contributed by atoms with Crippen LogP contribution < -0.4 is 0 Å². The number of halogens is 3. The Hall–Kier alpha value is -2.08. The van der Waals surface area contributed by atoms with Gasteiger partial charge in [0.1, 0.15) is 0 Å². The molecule has 0 aliphatic carbocycles. The predicted octanol–water partition coefficient (Wildman–Crippen LogP) is 4.55. The topological polar surface area (TPSA) is 29.4 Å². The molecule has 0 bridgehead atoms. The third-order valence-corrected chi connectivity index (χ3v) is 5.14. The van der Waals surface area contributed by atoms with Crippen molar-refractivity contribution in [1.82, 2.24) is 0 Å². The molecular formula is C15H10F3NOS. The SMILES string of the molecule is O=[S@]1(C(F)(F)F)=N/C(=C\c2ccccc2)c2ccccc21. The number of hydrogen-bond donors (Lipinski definition) is 0. The van der Waals surface area contributed by atoms with Gasteiger partial charge in [-0.2, -0.15) is 17.5 Å². The number of benzene rings is 2. The molecule has 0 saturated carbocycles. The zero-order valence-corrected chi connectivity index (χ0v) is 11.5. The molecular weight excluding hydrogens is 299 g/mol. The van der Waals surface area contributed by atoms with Crippen LogP contribution in [0.5, 0.6) is 0 Å². The van der Waals surface area contributed by atoms with Crippen molar-refractivity contribution in [3.8, 4) is 0 Å². The van der Waals surface area contributed by atoms with Gasteiger partial charge < -0.3 is 0 Å². The molecule has 108 valence electrons. The maximum atomic E-state index is 13.1. The Labute approximate surface area is 120 Å². The summed E-state index contributed by atoms with van der Waals surface area (Å²) in [7, 11) is -4.44. The molecule has 21 heavy (non-hydrogen) atoms. The summed E-state index contributed by atoms with van der Waals surface area (Å²) in [5, 5.41) is 0. The summed E-state index contributed by atoms with van der Waals surface area (Å²) in [6.07, 6.45) is 1.51. The van der Waals surface area contributed by atoms with E-state index in [0.717, 1.165) is 0 Å². The Kier molecular flexibility index (Phi) is 3.13. The van der Waals surface area contributed by atoms with E-state index in [4.69, 9.17) is 0 Å². The van der Waals surface area contributed by atoms with Crippen LogP contribution in [0.2, 0.25) is 0 Å². The molecule has 0 saturated heterocycles. The van der Waals surface area contributed by atoms with Crippen LogP contribution in [0.25, 0.3) is 11.8 Å². The van der Waals surface area contributed by atoms with Gasteiger partial charge >= 0.3 is 5.51 Å². The van der Waals surface area contributed by atoms with Crippen LogP contribution in [0.3, 0.4) is 0 Å². The second-order valence-electron chi connectivity index (χ2n) is 4.50. The number of rotatable bonds is 1. The van der Waals surface area contributed by atoms with Gasteiger partial charge in [-0.15, -0.1) is 0 Å². The van der Waals surface area contributed by atoms with Crippen molar-refractivity contribution >= 4 is 21.5 Å². The van der Waals surface area contributed by atoms with Gasteiger partial charge in [-0.25, -0.2) is 4.21 Å². The first kappa shape index (κ1) is 13.9. The van der Waals surface area contributed by atoms with Crippen LogP contribution >= 0.6 is 0 Å². The molecule has 1 heterocycles. The van der Waals surface area contributed by atoms with E-state index in [1.54, 1.807) is 36.4 Å². The highest BCUT2D eigenvalue weighted by atomic mass is 32.2. The second-order valence-corrected chi connectivity index (χ2v) is 6.64. The van der Waals surface area contributed by atoms with Gasteiger partial charge in [-0.1, -0.05) is 48.5 Å². The second kappa shape index (κ2) is 4.73. The number of hydrogen-bond acceptors (Lipinski definition) is 2. The average molecular weight is 309 g/mol. The maximum Gasteiger partial charge on any atom is 0.484 e. The van der Waals surface area contributed by atoms with Crippen LogP contribution in [0, 0.1) is 0 Å². The van der Waals surface area contributed by atoms with E-state index in [1.165, 1.54) is 24.3 Å². The fourth-order valence-electron chi connectivity index (χ4n) is 2.14. The highest BCUT2D eigenvalue weighted by Gasteiger charge is 2.48. The lowest BCUT2D eigenvalue weighted by Crippen LogP contribution is -2.21. The van der Waals surface area contributed by atoms with Crippen molar-refractivity contribution in [3.05, 3.63) is 65.7 Å². The molecule has 0 N–H and O–H groups in total. The van der Waals surface area contributed by atoms with E-state index in [-0.39, 0.29) is 16.2 Å². The molecule has 1 aliphatic rings. The van der Waals surface area contributed by atoms with Crippen molar-refractivity contribution in [2.24, 2.45) is 4.36 Å². The summed E-state index contributed by atoms with van der Waals surface area (Å²) in [6, 6.07) is 14.6. The average Bonchev–Trinajstić information content (AvgIpc) is 2.75. The third-order valence-electron chi connectivity index (χ3n) is 3.10. The highest BCUT2D eigenvalue weighted by Crippen LogP contribution is 2.43. The fourth-order valence-corrected chi connectivity index (χ4v) is 3.76. The number of alkyl halides is 3. The van der Waals surface area contributed by atoms with Gasteiger partial charge in [0.25, 0.3) is 0 Å². The van der Waals surface area contributed by atoms with Crippen molar-refractivity contribution in [1.29, 1.82) is 0 Å². The summed E-state index contributed by atoms with van der Waals surface area (Å²) in [5.74, 6) is 0. The van der Waals surface area contributed by atoms with E-state index in [0.29, 0.717) is 5.56 Å². The van der Waals surface area contributed by atoms with Crippen LogP contribution in [-0.4, -0.2) is 9.72 Å². The normalized spacial score (nSPS) is 22.9. The summed E-state index contributed by atoms with van der Waals surface area (Å²) in [5.41, 5.74) is -3.82. The number of fused-ring (bicyclic) bond motifs is 1. The summed E-state index contributed by atoms with van der Waals surface area (Å²) in [4.78, 5) is -0.264. The first-order valence-electron chi connectivity index (χ1n) is 6.11. The fraction of sp³-hybridized carbons (Fsp3) is 0.0667. The number of nitrogens with zero attached hydrogens (tertiary/aromatic N) is 1. The van der Waals surface area contributed by atoms with E-state index < -0.39 is 15.2 Å². The van der Waals surface area contributed by atoms with Gasteiger partial charge in [0.05, 0.1) is 10.6 Å². The highest BCUT2D eigenvalue weighted by molar-refractivity contribution is 7.95. The third kappa shape index (κ3) is 2.25. The zero-order valence-electron chi connectivity index (χ0n) is 10.7. The quantitative estimate of drug-likeness (QED) is 0.760. The lowest BCUT2D eigenvalue weighted by Gasteiger charge is -2.09. The first-order valence-corrected chi connectivity index (χ1v) is 7.63. The van der Waals surface area contributed by atoms with E-state index in [1.807, 2.05) is 0 Å². The van der Waals surface area contributed by atoms with Gasteiger partial charge in [0, 0.05) is 5.56 Å². The van der Waals surface area contributed by atoms with Crippen LogP contribution in [0.4, 0.5) is 13.2 Å². The van der Waals surface area contributed by atoms with E-state index >= 15 is 0 Å². The molecule has 6 heteroatoms. The van der Waals surface area contributed by atoms with Crippen LogP contribution in [0.15, 0.2) is 63.9 Å². The molecule has 1 aliphatic heterocycles. The lowest BCUT2D eigenvalue weighted by molar-refractivity contribution is -0.0401. The molecule has 0 fully saturated rings. The molecule has 2 aromatic rings. The molecule has 3 rings (SSSR count). The Morgan fingerprint density at radius 1 is 0.952 bits per heavy atom. The van der Waals surface area contributed by atoms with Gasteiger partial charge in [-0.3, -0.25) is 0 Å². The zero-order chi connectivity index (χ0) is 15.1. The summed E-state index contributed by atoms with van der Waals surface area (Å²) < 4.78 is 55.2. The van der Waals surface area contributed by atoms with Gasteiger partial charge in [0.15, 0.2) is 9.73 Å². The Bertz CT molecular complexity index is 831. The Morgan fingerprint density at radius 2 is 1.57 bits per heavy atom. The standard InChI is InChI=1S/C15H10F3NOS/c16-15(17,18)21(20)14-9-5-4-8-12(14)13(19-21)10-11-6-2-1-3-7-11/h1-10H/b13-10-/t21-/m1/s1. The molecule has 2 nitrogen and oxygen atoms in total.